The molecule has 0 aliphatic carbocycles. The highest BCUT2D eigenvalue weighted by atomic mass is 79.9. The zero-order valence-electron chi connectivity index (χ0n) is 23.3. The maximum Gasteiger partial charge on any atom is 0.264 e. The maximum absolute atomic E-state index is 14.0. The van der Waals surface area contributed by atoms with Crippen LogP contribution < -0.4 is 9.62 Å². The van der Waals surface area contributed by atoms with Gasteiger partial charge in [-0.3, -0.25) is 13.9 Å². The molecule has 0 radical (unpaired) electrons. The van der Waals surface area contributed by atoms with Crippen LogP contribution in [0.3, 0.4) is 0 Å². The first-order chi connectivity index (χ1) is 18.8. The van der Waals surface area contributed by atoms with Gasteiger partial charge in [-0.15, -0.1) is 0 Å². The number of carbonyl (C=O) groups is 2. The molecule has 10 heteroatoms. The van der Waals surface area contributed by atoms with Gasteiger partial charge in [-0.2, -0.15) is 0 Å². The van der Waals surface area contributed by atoms with E-state index in [-0.39, 0.29) is 29.1 Å². The first-order valence-corrected chi connectivity index (χ1v) is 15.6. The predicted molar refractivity (Wildman–Crippen MR) is 164 cm³/mol. The van der Waals surface area contributed by atoms with Crippen LogP contribution in [0.2, 0.25) is 5.02 Å². The van der Waals surface area contributed by atoms with E-state index < -0.39 is 28.5 Å². The Morgan fingerprint density at radius 2 is 1.68 bits per heavy atom. The largest absolute Gasteiger partial charge is 0.352 e. The molecule has 3 aromatic rings. The maximum atomic E-state index is 14.0. The third-order valence-electron chi connectivity index (χ3n) is 6.74. The molecule has 0 aliphatic rings. The predicted octanol–water partition coefficient (Wildman–Crippen LogP) is 6.25. The van der Waals surface area contributed by atoms with Gasteiger partial charge in [-0.05, 0) is 81.6 Å². The number of hydrogen-bond acceptors (Lipinski definition) is 4. The van der Waals surface area contributed by atoms with E-state index in [2.05, 4.69) is 21.2 Å². The number of carbonyl (C=O) groups excluding carboxylic acids is 2. The Morgan fingerprint density at radius 1 is 1.00 bits per heavy atom. The van der Waals surface area contributed by atoms with Gasteiger partial charge < -0.3 is 10.2 Å². The van der Waals surface area contributed by atoms with Gasteiger partial charge in [0, 0.05) is 22.1 Å². The van der Waals surface area contributed by atoms with E-state index in [0.29, 0.717) is 5.02 Å². The van der Waals surface area contributed by atoms with Crippen molar-refractivity contribution in [2.24, 2.45) is 0 Å². The van der Waals surface area contributed by atoms with Gasteiger partial charge in [0.1, 0.15) is 12.6 Å². The van der Waals surface area contributed by atoms with Crippen molar-refractivity contribution >= 4 is 55.1 Å². The molecule has 0 spiro atoms. The highest BCUT2D eigenvalue weighted by Gasteiger charge is 2.33. The van der Waals surface area contributed by atoms with E-state index in [4.69, 9.17) is 11.6 Å². The van der Waals surface area contributed by atoms with Gasteiger partial charge in [0.05, 0.1) is 10.6 Å². The number of amides is 2. The zero-order valence-corrected chi connectivity index (χ0v) is 26.5. The minimum atomic E-state index is -4.16. The lowest BCUT2D eigenvalue weighted by atomic mass is 10.1. The molecule has 0 bridgehead atoms. The fraction of sp³-hybridized carbons (Fsp3) is 0.333. The van der Waals surface area contributed by atoms with Crippen molar-refractivity contribution in [2.75, 3.05) is 10.8 Å². The Morgan fingerprint density at radius 3 is 2.27 bits per heavy atom. The first kappa shape index (κ1) is 31.6. The molecule has 0 fully saturated rings. The summed E-state index contributed by atoms with van der Waals surface area (Å²) in [4.78, 5) is 28.6. The number of benzene rings is 3. The molecule has 2 atom stereocenters. The first-order valence-electron chi connectivity index (χ1n) is 13.0. The quantitative estimate of drug-likeness (QED) is 0.267. The molecule has 0 aliphatic heterocycles. The molecule has 0 aromatic heterocycles. The van der Waals surface area contributed by atoms with Gasteiger partial charge >= 0.3 is 0 Å². The highest BCUT2D eigenvalue weighted by molar-refractivity contribution is 9.10. The zero-order chi connectivity index (χ0) is 29.6. The lowest BCUT2D eigenvalue weighted by Crippen LogP contribution is -2.52. The van der Waals surface area contributed by atoms with Crippen LogP contribution in [-0.2, 0) is 26.2 Å². The van der Waals surface area contributed by atoms with Crippen LogP contribution in [0.5, 0.6) is 0 Å². The van der Waals surface area contributed by atoms with E-state index in [1.54, 1.807) is 31.2 Å². The number of hydrogen-bond donors (Lipinski definition) is 1. The Kier molecular flexibility index (Phi) is 10.8. The van der Waals surface area contributed by atoms with Crippen LogP contribution in [0.25, 0.3) is 0 Å². The average molecular weight is 649 g/mol. The third kappa shape index (κ3) is 7.86. The van der Waals surface area contributed by atoms with E-state index in [9.17, 15) is 18.0 Å². The summed E-state index contributed by atoms with van der Waals surface area (Å²) in [5, 5.41) is 3.31. The Labute approximate surface area is 250 Å². The number of rotatable bonds is 11. The summed E-state index contributed by atoms with van der Waals surface area (Å²) in [7, 11) is -4.16. The van der Waals surface area contributed by atoms with Gasteiger partial charge in [0.2, 0.25) is 11.8 Å². The number of sulfonamides is 1. The molecule has 2 amide bonds. The molecule has 3 aromatic carbocycles. The number of aryl methyl sites for hydroxylation is 2. The van der Waals surface area contributed by atoms with Gasteiger partial charge in [-0.25, -0.2) is 8.42 Å². The molecular formula is C30H35BrClN3O4S. The van der Waals surface area contributed by atoms with Crippen molar-refractivity contribution in [3.8, 4) is 0 Å². The summed E-state index contributed by atoms with van der Waals surface area (Å²) in [6.07, 6.45) is 0.731. The summed E-state index contributed by atoms with van der Waals surface area (Å²) >= 11 is 9.83. The molecule has 3 rings (SSSR count). The van der Waals surface area contributed by atoms with Crippen LogP contribution in [0.1, 0.15) is 43.9 Å². The molecule has 0 heterocycles. The minimum absolute atomic E-state index is 0.0451. The second-order valence-corrected chi connectivity index (χ2v) is 13.1. The normalized spacial score (nSPS) is 12.9. The van der Waals surface area contributed by atoms with Crippen molar-refractivity contribution in [1.29, 1.82) is 0 Å². The highest BCUT2D eigenvalue weighted by Crippen LogP contribution is 2.29. The number of nitrogens with zero attached hydrogens (tertiary/aromatic N) is 2. The standard InChI is InChI=1S/C30H35BrClN3O4S/c1-6-22(4)33-30(37)23(5)34(18-24-8-7-9-25(31)16-24)29(36)19-35(26-13-12-21(3)28(32)17-26)40(38,39)27-14-10-20(2)11-15-27/h7-17,22-23H,6,18-19H2,1-5H3,(H,33,37)/t22-,23-/m1/s1. The monoisotopic (exact) mass is 647 g/mol. The Hall–Kier alpha value is -2.88. The van der Waals surface area contributed by atoms with E-state index in [1.807, 2.05) is 52.0 Å². The van der Waals surface area contributed by atoms with E-state index >= 15 is 0 Å². The summed E-state index contributed by atoms with van der Waals surface area (Å²) in [6, 6.07) is 17.8. The van der Waals surface area contributed by atoms with E-state index in [1.165, 1.54) is 23.1 Å². The molecule has 7 nitrogen and oxygen atoms in total. The second-order valence-electron chi connectivity index (χ2n) is 9.90. The minimum Gasteiger partial charge on any atom is -0.352 e. The molecule has 1 N–H and O–H groups in total. The van der Waals surface area contributed by atoms with Crippen LogP contribution >= 0.6 is 27.5 Å². The average Bonchev–Trinajstić information content (AvgIpc) is 2.91. The van der Waals surface area contributed by atoms with Crippen molar-refractivity contribution in [2.45, 2.75) is 64.6 Å². The van der Waals surface area contributed by atoms with Gasteiger partial charge in [0.25, 0.3) is 10.0 Å². The van der Waals surface area contributed by atoms with Crippen LogP contribution in [0.15, 0.2) is 76.1 Å². The molecule has 0 saturated heterocycles. The topological polar surface area (TPSA) is 86.8 Å². The fourth-order valence-corrected chi connectivity index (χ4v) is 6.01. The lowest BCUT2D eigenvalue weighted by Gasteiger charge is -2.32. The van der Waals surface area contributed by atoms with Crippen molar-refractivity contribution < 1.29 is 18.0 Å². The molecule has 0 unspecified atom stereocenters. The smallest absolute Gasteiger partial charge is 0.264 e. The number of halogens is 2. The summed E-state index contributed by atoms with van der Waals surface area (Å²) in [6.45, 7) is 8.76. The lowest BCUT2D eigenvalue weighted by molar-refractivity contribution is -0.139. The van der Waals surface area contributed by atoms with Crippen LogP contribution in [0, 0.1) is 13.8 Å². The Balaban J connectivity index is 2.05. The van der Waals surface area contributed by atoms with Crippen molar-refractivity contribution in [3.63, 3.8) is 0 Å². The summed E-state index contributed by atoms with van der Waals surface area (Å²) in [5.41, 5.74) is 2.72. The molecule has 0 saturated carbocycles. The molecule has 40 heavy (non-hydrogen) atoms. The van der Waals surface area contributed by atoms with E-state index in [0.717, 1.165) is 31.9 Å². The SMILES string of the molecule is CC[C@@H](C)NC(=O)[C@@H](C)N(Cc1cccc(Br)c1)C(=O)CN(c1ccc(C)c(Cl)c1)S(=O)(=O)c1ccc(C)cc1. The Bertz CT molecular complexity index is 1460. The van der Waals surface area contributed by atoms with Crippen LogP contribution in [-0.4, -0.2) is 43.8 Å². The molecule has 214 valence electrons. The van der Waals surface area contributed by atoms with Crippen molar-refractivity contribution in [3.05, 3.63) is 92.9 Å². The fourth-order valence-electron chi connectivity index (χ4n) is 3.98. The van der Waals surface area contributed by atoms with Gasteiger partial charge in [-0.1, -0.05) is 70.3 Å². The number of anilines is 1. The summed E-state index contributed by atoms with van der Waals surface area (Å²) < 4.78 is 29.7. The summed E-state index contributed by atoms with van der Waals surface area (Å²) in [5.74, 6) is -0.844. The second kappa shape index (κ2) is 13.7. The number of nitrogens with one attached hydrogen (secondary N) is 1. The molecular weight excluding hydrogens is 614 g/mol. The van der Waals surface area contributed by atoms with Crippen LogP contribution in [0.4, 0.5) is 5.69 Å². The third-order valence-corrected chi connectivity index (χ3v) is 9.43. The van der Waals surface area contributed by atoms with Gasteiger partial charge in [0.15, 0.2) is 0 Å². The van der Waals surface area contributed by atoms with Crippen molar-refractivity contribution in [1.82, 2.24) is 10.2 Å².